The number of hydrogen-bond acceptors (Lipinski definition) is 2. The van der Waals surface area contributed by atoms with E-state index in [-0.39, 0.29) is 5.92 Å². The van der Waals surface area contributed by atoms with Gasteiger partial charge in [-0.3, -0.25) is 9.69 Å². The molecule has 0 spiro atoms. The molecule has 0 atom stereocenters. The number of hydrogen-bond donors (Lipinski definition) is 1. The van der Waals surface area contributed by atoms with Gasteiger partial charge in [0.05, 0.1) is 5.92 Å². The summed E-state index contributed by atoms with van der Waals surface area (Å²) in [5.41, 5.74) is 2.28. The predicted octanol–water partition coefficient (Wildman–Crippen LogP) is 2.95. The molecule has 1 aromatic carbocycles. The van der Waals surface area contributed by atoms with E-state index in [1.807, 2.05) is 13.0 Å². The summed E-state index contributed by atoms with van der Waals surface area (Å²) in [4.78, 5) is 13.1. The van der Waals surface area contributed by atoms with Crippen LogP contribution < -0.4 is 0 Å². The van der Waals surface area contributed by atoms with Crippen molar-refractivity contribution in [2.75, 3.05) is 13.1 Å². The fraction of sp³-hybridized carbons (Fsp3) is 0.500. The predicted molar refractivity (Wildman–Crippen MR) is 71.8 cm³/mol. The van der Waals surface area contributed by atoms with Crippen LogP contribution >= 0.6 is 11.6 Å². The van der Waals surface area contributed by atoms with E-state index in [9.17, 15) is 4.79 Å². The third-order valence-corrected chi connectivity index (χ3v) is 3.89. The maximum absolute atomic E-state index is 10.9. The van der Waals surface area contributed by atoms with Gasteiger partial charge in [-0.15, -0.1) is 0 Å². The van der Waals surface area contributed by atoms with Crippen molar-refractivity contribution in [1.82, 2.24) is 4.90 Å². The zero-order valence-corrected chi connectivity index (χ0v) is 11.3. The van der Waals surface area contributed by atoms with Gasteiger partial charge in [0, 0.05) is 11.6 Å². The van der Waals surface area contributed by atoms with E-state index >= 15 is 0 Å². The van der Waals surface area contributed by atoms with Gasteiger partial charge in [-0.05, 0) is 50.0 Å². The van der Waals surface area contributed by atoms with Crippen molar-refractivity contribution in [2.45, 2.75) is 26.3 Å². The lowest BCUT2D eigenvalue weighted by molar-refractivity contribution is -0.143. The van der Waals surface area contributed by atoms with E-state index in [0.717, 1.165) is 48.6 Å². The number of benzene rings is 1. The molecule has 3 nitrogen and oxygen atoms in total. The molecule has 1 saturated heterocycles. The van der Waals surface area contributed by atoms with Crippen LogP contribution in [0.15, 0.2) is 18.2 Å². The molecule has 0 radical (unpaired) electrons. The Morgan fingerprint density at radius 2 is 2.11 bits per heavy atom. The van der Waals surface area contributed by atoms with Crippen LogP contribution in [0.1, 0.15) is 24.0 Å². The van der Waals surface area contributed by atoms with Crippen LogP contribution in [0.5, 0.6) is 0 Å². The summed E-state index contributed by atoms with van der Waals surface area (Å²) in [6, 6.07) is 6.09. The minimum atomic E-state index is -0.664. The topological polar surface area (TPSA) is 40.5 Å². The lowest BCUT2D eigenvalue weighted by atomic mass is 9.97. The van der Waals surface area contributed by atoms with Crippen molar-refractivity contribution in [3.8, 4) is 0 Å². The number of carboxylic acid groups (broad SMARTS) is 1. The van der Waals surface area contributed by atoms with Crippen molar-refractivity contribution in [1.29, 1.82) is 0 Å². The van der Waals surface area contributed by atoms with Crippen LogP contribution in [0.4, 0.5) is 0 Å². The van der Waals surface area contributed by atoms with Gasteiger partial charge in [-0.2, -0.15) is 0 Å². The molecule has 4 heteroatoms. The van der Waals surface area contributed by atoms with Gasteiger partial charge in [0.15, 0.2) is 0 Å². The molecule has 1 heterocycles. The summed E-state index contributed by atoms with van der Waals surface area (Å²) in [7, 11) is 0. The summed E-state index contributed by atoms with van der Waals surface area (Å²) in [5, 5.41) is 9.75. The fourth-order valence-electron chi connectivity index (χ4n) is 2.36. The zero-order valence-electron chi connectivity index (χ0n) is 10.5. The van der Waals surface area contributed by atoms with Gasteiger partial charge in [-0.1, -0.05) is 23.7 Å². The number of rotatable bonds is 3. The van der Waals surface area contributed by atoms with Crippen LogP contribution in [0.3, 0.4) is 0 Å². The number of piperidine rings is 1. The minimum absolute atomic E-state index is 0.172. The summed E-state index contributed by atoms with van der Waals surface area (Å²) >= 11 is 6.21. The van der Waals surface area contributed by atoms with Gasteiger partial charge in [-0.25, -0.2) is 0 Å². The Bertz CT molecular complexity index is 439. The molecule has 1 aliphatic rings. The van der Waals surface area contributed by atoms with Crippen molar-refractivity contribution < 1.29 is 9.90 Å². The molecule has 1 aromatic rings. The number of carbonyl (C=O) groups is 1. The first-order chi connectivity index (χ1) is 8.56. The molecule has 0 saturated carbocycles. The van der Waals surface area contributed by atoms with Crippen LogP contribution in [0.25, 0.3) is 0 Å². The van der Waals surface area contributed by atoms with Gasteiger partial charge >= 0.3 is 5.97 Å². The Hall–Kier alpha value is -1.06. The van der Waals surface area contributed by atoms with Crippen molar-refractivity contribution in [2.24, 2.45) is 5.92 Å². The van der Waals surface area contributed by atoms with E-state index in [0.29, 0.717) is 0 Å². The second-order valence-corrected chi connectivity index (χ2v) is 5.39. The second kappa shape index (κ2) is 5.72. The van der Waals surface area contributed by atoms with Crippen LogP contribution in [0, 0.1) is 12.8 Å². The summed E-state index contributed by atoms with van der Waals surface area (Å²) in [6.45, 7) is 4.50. The fourth-order valence-corrected chi connectivity index (χ4v) is 2.65. The maximum atomic E-state index is 10.9. The molecule has 0 unspecified atom stereocenters. The summed E-state index contributed by atoms with van der Waals surface area (Å²) in [6.07, 6.45) is 1.47. The molecule has 18 heavy (non-hydrogen) atoms. The van der Waals surface area contributed by atoms with Crippen molar-refractivity contribution in [3.05, 3.63) is 34.3 Å². The quantitative estimate of drug-likeness (QED) is 0.915. The van der Waals surface area contributed by atoms with E-state index in [2.05, 4.69) is 17.0 Å². The Balaban J connectivity index is 1.93. The highest BCUT2D eigenvalue weighted by molar-refractivity contribution is 6.31. The molecule has 1 fully saturated rings. The Kier molecular flexibility index (Phi) is 4.25. The molecule has 2 rings (SSSR count). The second-order valence-electron chi connectivity index (χ2n) is 4.98. The minimum Gasteiger partial charge on any atom is -0.481 e. The lowest BCUT2D eigenvalue weighted by Crippen LogP contribution is -2.35. The van der Waals surface area contributed by atoms with E-state index in [1.165, 1.54) is 0 Å². The molecule has 98 valence electrons. The van der Waals surface area contributed by atoms with Crippen LogP contribution in [-0.2, 0) is 11.3 Å². The molecular formula is C14H18ClNO2. The van der Waals surface area contributed by atoms with E-state index in [1.54, 1.807) is 0 Å². The van der Waals surface area contributed by atoms with Gasteiger partial charge < -0.3 is 5.11 Å². The first-order valence-corrected chi connectivity index (χ1v) is 6.64. The average molecular weight is 268 g/mol. The third-order valence-electron chi connectivity index (χ3n) is 3.54. The maximum Gasteiger partial charge on any atom is 0.306 e. The smallest absolute Gasteiger partial charge is 0.306 e. The molecule has 0 amide bonds. The van der Waals surface area contributed by atoms with Crippen LogP contribution in [0.2, 0.25) is 5.02 Å². The molecular weight excluding hydrogens is 250 g/mol. The van der Waals surface area contributed by atoms with Gasteiger partial charge in [0.25, 0.3) is 0 Å². The largest absolute Gasteiger partial charge is 0.481 e. The Morgan fingerprint density at radius 1 is 1.44 bits per heavy atom. The van der Waals surface area contributed by atoms with Gasteiger partial charge in [0.1, 0.15) is 0 Å². The number of likely N-dealkylation sites (tertiary alicyclic amines) is 1. The first kappa shape index (κ1) is 13.4. The molecule has 1 aliphatic heterocycles. The highest BCUT2D eigenvalue weighted by Crippen LogP contribution is 2.23. The summed E-state index contributed by atoms with van der Waals surface area (Å²) < 4.78 is 0. The average Bonchev–Trinajstić information content (AvgIpc) is 2.33. The monoisotopic (exact) mass is 267 g/mol. The van der Waals surface area contributed by atoms with Gasteiger partial charge in [0.2, 0.25) is 0 Å². The highest BCUT2D eigenvalue weighted by atomic mass is 35.5. The SMILES string of the molecule is Cc1ccc(CN2CCC(C(=O)O)CC2)c(Cl)c1. The molecule has 1 N–H and O–H groups in total. The van der Waals surface area contributed by atoms with Crippen molar-refractivity contribution >= 4 is 17.6 Å². The number of nitrogens with zero attached hydrogens (tertiary/aromatic N) is 1. The number of aryl methyl sites for hydroxylation is 1. The van der Waals surface area contributed by atoms with E-state index in [4.69, 9.17) is 16.7 Å². The Morgan fingerprint density at radius 3 is 2.67 bits per heavy atom. The van der Waals surface area contributed by atoms with Crippen molar-refractivity contribution in [3.63, 3.8) is 0 Å². The molecule has 0 aromatic heterocycles. The standard InChI is InChI=1S/C14H18ClNO2/c1-10-2-3-12(13(15)8-10)9-16-6-4-11(5-7-16)14(17)18/h2-3,8,11H,4-7,9H2,1H3,(H,17,18). The normalized spacial score (nSPS) is 17.9. The van der Waals surface area contributed by atoms with E-state index < -0.39 is 5.97 Å². The Labute approximate surface area is 112 Å². The summed E-state index contributed by atoms with van der Waals surface area (Å²) in [5.74, 6) is -0.835. The number of aliphatic carboxylic acids is 1. The van der Waals surface area contributed by atoms with Crippen LogP contribution in [-0.4, -0.2) is 29.1 Å². The zero-order chi connectivity index (χ0) is 13.1. The molecule has 0 bridgehead atoms. The third kappa shape index (κ3) is 3.24. The highest BCUT2D eigenvalue weighted by Gasteiger charge is 2.24. The molecule has 0 aliphatic carbocycles. The lowest BCUT2D eigenvalue weighted by Gasteiger charge is -2.30. The first-order valence-electron chi connectivity index (χ1n) is 6.26. The number of halogens is 1. The number of carboxylic acids is 1.